The molecule has 82 valence electrons. The average molecular weight is 240 g/mol. The summed E-state index contributed by atoms with van der Waals surface area (Å²) < 4.78 is 0. The van der Waals surface area contributed by atoms with Gasteiger partial charge in [-0.25, -0.2) is 4.98 Å². The van der Waals surface area contributed by atoms with Crippen molar-refractivity contribution in [3.63, 3.8) is 0 Å². The van der Waals surface area contributed by atoms with Crippen molar-refractivity contribution >= 4 is 23.1 Å². The van der Waals surface area contributed by atoms with Gasteiger partial charge in [-0.05, 0) is 12.8 Å². The molecule has 2 fully saturated rings. The summed E-state index contributed by atoms with van der Waals surface area (Å²) in [6, 6.07) is 0.508. The fraction of sp³-hybridized carbons (Fsp3) is 0.727. The van der Waals surface area contributed by atoms with E-state index in [9.17, 15) is 0 Å². The zero-order valence-corrected chi connectivity index (χ0v) is 10.4. The van der Waals surface area contributed by atoms with Crippen molar-refractivity contribution in [2.24, 2.45) is 0 Å². The summed E-state index contributed by atoms with van der Waals surface area (Å²) in [6.07, 6.45) is 4.12. The first-order valence-corrected chi connectivity index (χ1v) is 7.73. The minimum absolute atomic E-state index is 0.508. The molecule has 0 radical (unpaired) electrons. The quantitative estimate of drug-likeness (QED) is 0.860. The fourth-order valence-electron chi connectivity index (χ4n) is 2.06. The number of aromatic nitrogens is 1. The lowest BCUT2D eigenvalue weighted by molar-refractivity contribution is 0.416. The van der Waals surface area contributed by atoms with Crippen LogP contribution in [0.3, 0.4) is 0 Å². The van der Waals surface area contributed by atoms with Gasteiger partial charge in [-0.1, -0.05) is 6.42 Å². The van der Waals surface area contributed by atoms with E-state index in [1.54, 1.807) is 0 Å². The summed E-state index contributed by atoms with van der Waals surface area (Å²) >= 11 is 3.90. The lowest BCUT2D eigenvalue weighted by Crippen LogP contribution is -2.30. The summed E-state index contributed by atoms with van der Waals surface area (Å²) in [4.78, 5) is 4.80. The Morgan fingerprint density at radius 3 is 3.00 bits per heavy atom. The molecule has 0 amide bonds. The van der Waals surface area contributed by atoms with Gasteiger partial charge in [-0.3, -0.25) is 0 Å². The van der Waals surface area contributed by atoms with Crippen molar-refractivity contribution < 1.29 is 0 Å². The number of hydrogen-bond acceptors (Lipinski definition) is 4. The first kappa shape index (κ1) is 10.1. The molecule has 1 aromatic heterocycles. The summed E-state index contributed by atoms with van der Waals surface area (Å²) in [5.74, 6) is 3.23. The standard InChI is InChI=1S/C11H16N2S2/c1-2-8(3-1)11-13-10(7-15-11)9-6-14-5-4-12-9/h7-9,12H,1-6H2. The number of thiazole rings is 1. The Morgan fingerprint density at radius 1 is 1.40 bits per heavy atom. The van der Waals surface area contributed by atoms with Crippen LogP contribution in [0.5, 0.6) is 0 Å². The minimum Gasteiger partial charge on any atom is -0.307 e. The molecule has 15 heavy (non-hydrogen) atoms. The molecule has 2 nitrogen and oxygen atoms in total. The normalized spacial score (nSPS) is 27.6. The molecule has 1 unspecified atom stereocenters. The van der Waals surface area contributed by atoms with E-state index < -0.39 is 0 Å². The molecule has 1 saturated heterocycles. The van der Waals surface area contributed by atoms with Gasteiger partial charge in [0.15, 0.2) is 0 Å². The van der Waals surface area contributed by atoms with E-state index in [0.29, 0.717) is 6.04 Å². The zero-order valence-electron chi connectivity index (χ0n) is 8.74. The molecule has 1 aliphatic heterocycles. The average Bonchev–Trinajstić information content (AvgIpc) is 2.66. The Balaban J connectivity index is 1.71. The van der Waals surface area contributed by atoms with Crippen LogP contribution in [0.25, 0.3) is 0 Å². The summed E-state index contributed by atoms with van der Waals surface area (Å²) in [5, 5.41) is 7.19. The van der Waals surface area contributed by atoms with E-state index in [-0.39, 0.29) is 0 Å². The van der Waals surface area contributed by atoms with Gasteiger partial charge in [0, 0.05) is 29.3 Å². The van der Waals surface area contributed by atoms with Gasteiger partial charge < -0.3 is 5.32 Å². The van der Waals surface area contributed by atoms with Gasteiger partial charge in [0.05, 0.1) is 16.7 Å². The third-order valence-corrected chi connectivity index (χ3v) is 5.36. The lowest BCUT2D eigenvalue weighted by Gasteiger charge is -2.23. The third kappa shape index (κ3) is 2.08. The van der Waals surface area contributed by atoms with E-state index in [1.807, 2.05) is 23.1 Å². The molecule has 2 aliphatic rings. The number of thioether (sulfide) groups is 1. The molecule has 2 heterocycles. The van der Waals surface area contributed by atoms with E-state index in [4.69, 9.17) is 4.98 Å². The maximum absolute atomic E-state index is 4.80. The number of rotatable bonds is 2. The number of nitrogens with one attached hydrogen (secondary N) is 1. The van der Waals surface area contributed by atoms with Crippen molar-refractivity contribution in [1.82, 2.24) is 10.3 Å². The van der Waals surface area contributed by atoms with E-state index in [2.05, 4.69) is 10.7 Å². The highest BCUT2D eigenvalue weighted by atomic mass is 32.2. The van der Waals surface area contributed by atoms with Crippen LogP contribution in [0.15, 0.2) is 5.38 Å². The highest BCUT2D eigenvalue weighted by molar-refractivity contribution is 7.99. The van der Waals surface area contributed by atoms with E-state index in [0.717, 1.165) is 12.5 Å². The first-order chi connectivity index (χ1) is 7.43. The van der Waals surface area contributed by atoms with Crippen LogP contribution in [-0.2, 0) is 0 Å². The maximum atomic E-state index is 4.80. The molecule has 3 rings (SSSR count). The summed E-state index contributed by atoms with van der Waals surface area (Å²) in [6.45, 7) is 1.13. The molecule has 0 bridgehead atoms. The Hall–Kier alpha value is -0.0600. The van der Waals surface area contributed by atoms with Crippen LogP contribution in [0.4, 0.5) is 0 Å². The third-order valence-electron chi connectivity index (χ3n) is 3.27. The van der Waals surface area contributed by atoms with E-state index in [1.165, 1.54) is 41.5 Å². The predicted octanol–water partition coefficient (Wildman–Crippen LogP) is 2.79. The fourth-order valence-corrected chi connectivity index (χ4v) is 4.06. The molecule has 1 saturated carbocycles. The maximum Gasteiger partial charge on any atom is 0.0959 e. The summed E-state index contributed by atoms with van der Waals surface area (Å²) in [5.41, 5.74) is 1.29. The summed E-state index contributed by atoms with van der Waals surface area (Å²) in [7, 11) is 0. The predicted molar refractivity (Wildman–Crippen MR) is 66.8 cm³/mol. The van der Waals surface area contributed by atoms with Crippen LogP contribution >= 0.6 is 23.1 Å². The van der Waals surface area contributed by atoms with Crippen LogP contribution in [0.1, 0.15) is 41.9 Å². The SMILES string of the molecule is c1sc(C2CCC2)nc1C1CSCCN1. The van der Waals surface area contributed by atoms with Gasteiger partial charge in [-0.15, -0.1) is 11.3 Å². The topological polar surface area (TPSA) is 24.9 Å². The first-order valence-electron chi connectivity index (χ1n) is 5.70. The van der Waals surface area contributed by atoms with Gasteiger partial charge in [-0.2, -0.15) is 11.8 Å². The number of nitrogens with zero attached hydrogens (tertiary/aromatic N) is 1. The Kier molecular flexibility index (Phi) is 2.99. The molecule has 0 spiro atoms. The Morgan fingerprint density at radius 2 is 2.33 bits per heavy atom. The molecule has 1 N–H and O–H groups in total. The van der Waals surface area contributed by atoms with Crippen LogP contribution < -0.4 is 5.32 Å². The van der Waals surface area contributed by atoms with Gasteiger partial charge in [0.1, 0.15) is 0 Å². The second-order valence-corrected chi connectivity index (χ2v) is 6.36. The minimum atomic E-state index is 0.508. The van der Waals surface area contributed by atoms with Crippen LogP contribution in [0.2, 0.25) is 0 Å². The molecule has 1 aromatic rings. The highest BCUT2D eigenvalue weighted by Crippen LogP contribution is 2.38. The van der Waals surface area contributed by atoms with E-state index >= 15 is 0 Å². The largest absolute Gasteiger partial charge is 0.307 e. The zero-order chi connectivity index (χ0) is 10.1. The van der Waals surface area contributed by atoms with Gasteiger partial charge in [0.2, 0.25) is 0 Å². The molecule has 1 aliphatic carbocycles. The monoisotopic (exact) mass is 240 g/mol. The smallest absolute Gasteiger partial charge is 0.0959 e. The second-order valence-electron chi connectivity index (χ2n) is 4.32. The van der Waals surface area contributed by atoms with Gasteiger partial charge >= 0.3 is 0 Å². The van der Waals surface area contributed by atoms with Gasteiger partial charge in [0.25, 0.3) is 0 Å². The molecular formula is C11H16N2S2. The van der Waals surface area contributed by atoms with Crippen molar-refractivity contribution in [3.8, 4) is 0 Å². The van der Waals surface area contributed by atoms with Crippen LogP contribution in [-0.4, -0.2) is 23.0 Å². The Bertz CT molecular complexity index is 327. The van der Waals surface area contributed by atoms with Crippen molar-refractivity contribution in [3.05, 3.63) is 16.1 Å². The van der Waals surface area contributed by atoms with Crippen molar-refractivity contribution in [2.45, 2.75) is 31.2 Å². The second kappa shape index (κ2) is 4.44. The lowest BCUT2D eigenvalue weighted by atomic mass is 9.86. The Labute approximate surface area is 98.9 Å². The van der Waals surface area contributed by atoms with Crippen LogP contribution in [0, 0.1) is 0 Å². The van der Waals surface area contributed by atoms with Crippen molar-refractivity contribution in [2.75, 3.05) is 18.1 Å². The molecule has 1 atom stereocenters. The molecule has 4 heteroatoms. The highest BCUT2D eigenvalue weighted by Gasteiger charge is 2.24. The number of hydrogen-bond donors (Lipinski definition) is 1. The molecular weight excluding hydrogens is 224 g/mol. The van der Waals surface area contributed by atoms with Crippen molar-refractivity contribution in [1.29, 1.82) is 0 Å². The molecule has 0 aromatic carbocycles.